The molecule has 0 radical (unpaired) electrons. The van der Waals surface area contributed by atoms with Crippen LogP contribution in [0.1, 0.15) is 56.2 Å². The Balaban J connectivity index is 1.56. The van der Waals surface area contributed by atoms with Crippen molar-refractivity contribution < 1.29 is 14.0 Å². The number of carbonyl (C=O) groups is 2. The highest BCUT2D eigenvalue weighted by molar-refractivity contribution is 6.07. The third-order valence-corrected chi connectivity index (χ3v) is 5.88. The molecule has 1 aliphatic heterocycles. The first-order chi connectivity index (χ1) is 14.4. The van der Waals surface area contributed by atoms with E-state index in [2.05, 4.69) is 22.5 Å². The number of hydrogen-bond donors (Lipinski definition) is 1. The number of carbonyl (C=O) groups excluding carboxylic acids is 2. The summed E-state index contributed by atoms with van der Waals surface area (Å²) in [5.74, 6) is 0.898. The highest BCUT2D eigenvalue weighted by atomic mass is 16.4. The molecule has 2 aromatic rings. The van der Waals surface area contributed by atoms with Crippen LogP contribution in [0.3, 0.4) is 0 Å². The van der Waals surface area contributed by atoms with Gasteiger partial charge in [0.2, 0.25) is 0 Å². The van der Waals surface area contributed by atoms with Crippen LogP contribution in [-0.2, 0) is 6.42 Å². The average molecular weight is 409 g/mol. The first kappa shape index (κ1) is 20.3. The summed E-state index contributed by atoms with van der Waals surface area (Å²) < 4.78 is 6.02. The highest BCUT2D eigenvalue weighted by Crippen LogP contribution is 2.30. The smallest absolute Gasteiger partial charge is 0.289 e. The molecule has 1 fully saturated rings. The van der Waals surface area contributed by atoms with E-state index < -0.39 is 0 Å². The number of hydrazone groups is 1. The molecule has 1 aromatic carbocycles. The maximum atomic E-state index is 13.0. The van der Waals surface area contributed by atoms with Crippen molar-refractivity contribution in [3.05, 3.63) is 58.0 Å². The predicted molar refractivity (Wildman–Crippen MR) is 115 cm³/mol. The summed E-state index contributed by atoms with van der Waals surface area (Å²) in [5.41, 5.74) is 6.74. The number of piperazine rings is 1. The number of furan rings is 1. The van der Waals surface area contributed by atoms with Crippen molar-refractivity contribution in [2.75, 3.05) is 33.2 Å². The van der Waals surface area contributed by atoms with Gasteiger partial charge in [0.25, 0.3) is 11.8 Å². The van der Waals surface area contributed by atoms with Gasteiger partial charge in [-0.1, -0.05) is 17.7 Å². The number of fused-ring (bicyclic) bond motifs is 1. The lowest BCUT2D eigenvalue weighted by atomic mass is 9.93. The van der Waals surface area contributed by atoms with Crippen molar-refractivity contribution >= 4 is 17.5 Å². The molecule has 1 aliphatic carbocycles. The van der Waals surface area contributed by atoms with Crippen LogP contribution < -0.4 is 5.43 Å². The molecule has 0 bridgehead atoms. The second-order valence-corrected chi connectivity index (χ2v) is 8.17. The van der Waals surface area contributed by atoms with E-state index in [4.69, 9.17) is 4.42 Å². The van der Waals surface area contributed by atoms with Crippen molar-refractivity contribution in [2.45, 2.75) is 33.1 Å². The van der Waals surface area contributed by atoms with Gasteiger partial charge in [0.15, 0.2) is 5.76 Å². The number of aryl methyl sites for hydroxylation is 2. The summed E-state index contributed by atoms with van der Waals surface area (Å²) in [6.07, 6.45) is 2.39. The van der Waals surface area contributed by atoms with Crippen LogP contribution >= 0.6 is 0 Å². The summed E-state index contributed by atoms with van der Waals surface area (Å²) in [6, 6.07) is 7.40. The maximum absolute atomic E-state index is 13.0. The zero-order chi connectivity index (χ0) is 21.3. The number of nitrogens with one attached hydrogen (secondary N) is 1. The van der Waals surface area contributed by atoms with Crippen LogP contribution in [0.15, 0.2) is 33.8 Å². The lowest BCUT2D eigenvalue weighted by molar-refractivity contribution is 0.0629. The first-order valence-corrected chi connectivity index (χ1v) is 10.5. The number of amides is 2. The van der Waals surface area contributed by atoms with E-state index in [9.17, 15) is 9.59 Å². The Kier molecular flexibility index (Phi) is 5.72. The number of nitrogens with zero attached hydrogens (tertiary/aromatic N) is 3. The van der Waals surface area contributed by atoms with Crippen LogP contribution in [0.25, 0.3) is 0 Å². The maximum Gasteiger partial charge on any atom is 0.289 e. The Morgan fingerprint density at radius 2 is 1.87 bits per heavy atom. The lowest BCUT2D eigenvalue weighted by Gasteiger charge is -2.31. The molecular formula is C23H28N4O3. The summed E-state index contributed by atoms with van der Waals surface area (Å²) in [5, 5.41) is 4.41. The largest absolute Gasteiger partial charge is 0.455 e. The van der Waals surface area contributed by atoms with Gasteiger partial charge in [-0.3, -0.25) is 9.59 Å². The van der Waals surface area contributed by atoms with Crippen LogP contribution in [0, 0.1) is 13.8 Å². The minimum Gasteiger partial charge on any atom is -0.455 e. The molecule has 0 saturated carbocycles. The molecule has 2 aliphatic rings. The van der Waals surface area contributed by atoms with Crippen molar-refractivity contribution in [3.63, 3.8) is 0 Å². The highest BCUT2D eigenvalue weighted by Gasteiger charge is 2.31. The van der Waals surface area contributed by atoms with Gasteiger partial charge < -0.3 is 14.2 Å². The van der Waals surface area contributed by atoms with Gasteiger partial charge in [0.1, 0.15) is 5.76 Å². The molecule has 30 heavy (non-hydrogen) atoms. The zero-order valence-electron chi connectivity index (χ0n) is 17.8. The predicted octanol–water partition coefficient (Wildman–Crippen LogP) is 2.75. The molecule has 0 unspecified atom stereocenters. The second kappa shape index (κ2) is 8.44. The Labute approximate surface area is 176 Å². The van der Waals surface area contributed by atoms with E-state index in [1.165, 1.54) is 0 Å². The van der Waals surface area contributed by atoms with Gasteiger partial charge in [-0.2, -0.15) is 5.10 Å². The SMILES string of the molecule is Cc1cccc(C(=O)N/N=C2\CCCc3oc(C(=O)N4CCN(C)CC4)c(C)c32)c1. The molecule has 1 aromatic heterocycles. The van der Waals surface area contributed by atoms with Crippen molar-refractivity contribution in [3.8, 4) is 0 Å². The molecule has 7 nitrogen and oxygen atoms in total. The molecular weight excluding hydrogens is 380 g/mol. The third-order valence-electron chi connectivity index (χ3n) is 5.88. The summed E-state index contributed by atoms with van der Waals surface area (Å²) >= 11 is 0. The normalized spacial score (nSPS) is 18.4. The fourth-order valence-corrected chi connectivity index (χ4v) is 4.11. The molecule has 0 atom stereocenters. The topological polar surface area (TPSA) is 78.1 Å². The third kappa shape index (κ3) is 4.03. The van der Waals surface area contributed by atoms with Crippen molar-refractivity contribution in [1.29, 1.82) is 0 Å². The molecule has 1 saturated heterocycles. The molecule has 2 heterocycles. The van der Waals surface area contributed by atoms with E-state index in [1.54, 1.807) is 6.07 Å². The van der Waals surface area contributed by atoms with Crippen molar-refractivity contribution in [1.82, 2.24) is 15.2 Å². The molecule has 0 spiro atoms. The standard InChI is InChI=1S/C23H28N4O3/c1-15-6-4-7-17(14-15)22(28)25-24-18-8-5-9-19-20(18)16(2)21(30-19)23(29)27-12-10-26(3)11-13-27/h4,6-7,14H,5,8-13H2,1-3H3,(H,25,28)/b24-18+. The minimum atomic E-state index is -0.242. The van der Waals surface area contributed by atoms with Gasteiger partial charge >= 0.3 is 0 Å². The molecule has 158 valence electrons. The van der Waals surface area contributed by atoms with E-state index in [0.29, 0.717) is 24.4 Å². The molecule has 1 N–H and O–H groups in total. The van der Waals surface area contributed by atoms with Crippen LogP contribution in [0.5, 0.6) is 0 Å². The van der Waals surface area contributed by atoms with E-state index in [0.717, 1.165) is 60.5 Å². The number of hydrogen-bond acceptors (Lipinski definition) is 5. The summed E-state index contributed by atoms with van der Waals surface area (Å²) in [4.78, 5) is 29.6. The second-order valence-electron chi connectivity index (χ2n) is 8.17. The van der Waals surface area contributed by atoms with Gasteiger partial charge in [-0.25, -0.2) is 5.43 Å². The van der Waals surface area contributed by atoms with Gasteiger partial charge in [0.05, 0.1) is 5.71 Å². The number of likely N-dealkylation sites (N-methyl/N-ethyl adjacent to an activating group) is 1. The Morgan fingerprint density at radius 1 is 1.10 bits per heavy atom. The van der Waals surface area contributed by atoms with E-state index in [-0.39, 0.29) is 11.8 Å². The van der Waals surface area contributed by atoms with E-state index in [1.807, 2.05) is 36.9 Å². The summed E-state index contributed by atoms with van der Waals surface area (Å²) in [6.45, 7) is 6.99. The quantitative estimate of drug-likeness (QED) is 0.792. The van der Waals surface area contributed by atoms with Gasteiger partial charge in [-0.05, 0) is 45.9 Å². The Bertz CT molecular complexity index is 1000. The van der Waals surface area contributed by atoms with Crippen LogP contribution in [0.4, 0.5) is 0 Å². The number of benzene rings is 1. The van der Waals surface area contributed by atoms with Gasteiger partial charge in [-0.15, -0.1) is 0 Å². The average Bonchev–Trinajstić information content (AvgIpc) is 3.09. The Hall–Kier alpha value is -2.93. The van der Waals surface area contributed by atoms with Crippen LogP contribution in [-0.4, -0.2) is 60.6 Å². The first-order valence-electron chi connectivity index (χ1n) is 10.5. The molecule has 4 rings (SSSR count). The monoisotopic (exact) mass is 408 g/mol. The lowest BCUT2D eigenvalue weighted by Crippen LogP contribution is -2.47. The fourth-order valence-electron chi connectivity index (χ4n) is 4.11. The van der Waals surface area contributed by atoms with Gasteiger partial charge in [0, 0.05) is 49.3 Å². The zero-order valence-corrected chi connectivity index (χ0v) is 17.8. The molecule has 2 amide bonds. The molecule has 7 heteroatoms. The number of rotatable bonds is 3. The van der Waals surface area contributed by atoms with Crippen LogP contribution in [0.2, 0.25) is 0 Å². The van der Waals surface area contributed by atoms with E-state index >= 15 is 0 Å². The minimum absolute atomic E-state index is 0.0573. The summed E-state index contributed by atoms with van der Waals surface area (Å²) in [7, 11) is 2.06. The Morgan fingerprint density at radius 3 is 2.60 bits per heavy atom. The fraction of sp³-hybridized carbons (Fsp3) is 0.435. The van der Waals surface area contributed by atoms with Crippen molar-refractivity contribution in [2.24, 2.45) is 5.10 Å².